The van der Waals surface area contributed by atoms with Gasteiger partial charge in [0.05, 0.1) is 0 Å². The molecule has 0 fully saturated rings. The van der Waals surface area contributed by atoms with E-state index >= 15 is 0 Å². The van der Waals surface area contributed by atoms with Gasteiger partial charge in [0.1, 0.15) is 0 Å². The lowest BCUT2D eigenvalue weighted by Crippen LogP contribution is -2.41. The second-order valence-corrected chi connectivity index (χ2v) is 8.24. The van der Waals surface area contributed by atoms with Crippen molar-refractivity contribution in [2.75, 3.05) is 6.54 Å². The number of fused-ring (bicyclic) bond motifs is 1. The van der Waals surface area contributed by atoms with Gasteiger partial charge in [0.15, 0.2) is 0 Å². The molecular weight excluding hydrogens is 328 g/mol. The van der Waals surface area contributed by atoms with Crippen LogP contribution in [0.15, 0.2) is 88.2 Å². The first-order valence-electron chi connectivity index (χ1n) is 10.2. The van der Waals surface area contributed by atoms with Crippen LogP contribution in [0.2, 0.25) is 0 Å². The summed E-state index contributed by atoms with van der Waals surface area (Å²) in [6.07, 6.45) is 27.5. The lowest BCUT2D eigenvalue weighted by atomic mass is 9.56. The predicted molar refractivity (Wildman–Crippen MR) is 115 cm³/mol. The third-order valence-corrected chi connectivity index (χ3v) is 6.41. The zero-order chi connectivity index (χ0) is 18.9. The Morgan fingerprint density at radius 2 is 2.19 bits per heavy atom. The lowest BCUT2D eigenvalue weighted by molar-refractivity contribution is 0.259. The number of rotatable bonds is 4. The summed E-state index contributed by atoms with van der Waals surface area (Å²) in [6, 6.07) is 0. The van der Waals surface area contributed by atoms with Gasteiger partial charge in [0.25, 0.3) is 0 Å². The monoisotopic (exact) mass is 358 g/mol. The van der Waals surface area contributed by atoms with Crippen molar-refractivity contribution in [3.05, 3.63) is 83.2 Å². The third-order valence-electron chi connectivity index (χ3n) is 6.41. The van der Waals surface area contributed by atoms with Gasteiger partial charge in [-0.1, -0.05) is 59.8 Å². The molecule has 0 spiro atoms. The predicted octanol–water partition coefficient (Wildman–Crippen LogP) is 5.59. The molecule has 2 nitrogen and oxygen atoms in total. The Balaban J connectivity index is 1.94. The molecule has 4 aliphatic rings. The van der Waals surface area contributed by atoms with Crippen molar-refractivity contribution in [2.45, 2.75) is 39.5 Å². The molecule has 2 heteroatoms. The Morgan fingerprint density at radius 1 is 1.30 bits per heavy atom. The number of allylic oxidation sites excluding steroid dienone is 12. The highest BCUT2D eigenvalue weighted by Crippen LogP contribution is 2.59. The average Bonchev–Trinajstić information content (AvgIpc) is 3.02. The first kappa shape index (κ1) is 18.2. The van der Waals surface area contributed by atoms with E-state index in [2.05, 4.69) is 74.7 Å². The van der Waals surface area contributed by atoms with E-state index in [1.807, 2.05) is 0 Å². The van der Waals surface area contributed by atoms with E-state index in [1.165, 1.54) is 28.0 Å². The highest BCUT2D eigenvalue weighted by Gasteiger charge is 2.53. The Morgan fingerprint density at radius 3 is 2.89 bits per heavy atom. The van der Waals surface area contributed by atoms with E-state index in [4.69, 9.17) is 10.7 Å². The second kappa shape index (κ2) is 7.44. The lowest BCUT2D eigenvalue weighted by Gasteiger charge is -2.46. The minimum atomic E-state index is -0.0526. The molecule has 140 valence electrons. The molecule has 27 heavy (non-hydrogen) atoms. The summed E-state index contributed by atoms with van der Waals surface area (Å²) < 4.78 is 0. The third kappa shape index (κ3) is 3.06. The number of nitrogens with zero attached hydrogens (tertiary/aromatic N) is 1. The molecule has 3 atom stereocenters. The highest BCUT2D eigenvalue weighted by atomic mass is 14.8. The van der Waals surface area contributed by atoms with E-state index < -0.39 is 0 Å². The van der Waals surface area contributed by atoms with Crippen molar-refractivity contribution in [1.29, 1.82) is 0 Å². The second-order valence-electron chi connectivity index (χ2n) is 8.24. The van der Waals surface area contributed by atoms with Gasteiger partial charge in [-0.15, -0.1) is 0 Å². The summed E-state index contributed by atoms with van der Waals surface area (Å²) in [7, 11) is 0. The van der Waals surface area contributed by atoms with Crippen molar-refractivity contribution < 1.29 is 0 Å². The van der Waals surface area contributed by atoms with Crippen LogP contribution in [0, 0.1) is 17.3 Å². The molecule has 3 unspecified atom stereocenters. The smallest absolute Gasteiger partial charge is 0.0453 e. The summed E-state index contributed by atoms with van der Waals surface area (Å²) in [6.45, 7) is 4.95. The molecule has 0 aromatic heterocycles. The maximum Gasteiger partial charge on any atom is 0.0453 e. The van der Waals surface area contributed by atoms with Crippen LogP contribution in [0.4, 0.5) is 0 Å². The van der Waals surface area contributed by atoms with Crippen molar-refractivity contribution in [2.24, 2.45) is 28.0 Å². The van der Waals surface area contributed by atoms with Gasteiger partial charge in [0.2, 0.25) is 0 Å². The van der Waals surface area contributed by atoms with Gasteiger partial charge in [-0.05, 0) is 62.7 Å². The number of aliphatic imine (C=N–C) groups is 1. The highest BCUT2D eigenvalue weighted by molar-refractivity contribution is 6.04. The molecule has 0 aromatic rings. The fraction of sp³-hybridized carbons (Fsp3) is 0.400. The molecule has 0 bridgehead atoms. The van der Waals surface area contributed by atoms with Crippen LogP contribution in [-0.2, 0) is 0 Å². The molecule has 0 radical (unpaired) electrons. The molecule has 1 heterocycles. The minimum absolute atomic E-state index is 0.0526. The minimum Gasteiger partial charge on any atom is -0.327 e. The van der Waals surface area contributed by atoms with Crippen LogP contribution in [-0.4, -0.2) is 12.3 Å². The number of hydrogen-bond acceptors (Lipinski definition) is 2. The summed E-state index contributed by atoms with van der Waals surface area (Å²) in [5.41, 5.74) is 12.6. The van der Waals surface area contributed by atoms with Crippen LogP contribution in [0.5, 0.6) is 0 Å². The standard InChI is InChI=1S/C25H30N2/c1-18(16-26)13-22-15-24-23(14-19(2)17-27-24)25(22,20-9-5-3-6-10-20)21-11-7-4-8-12-21/h3,5-7,9,11-13,15,17,20,23H,4,8,10,14,16,26H2,1-2H3/b18-13-. The van der Waals surface area contributed by atoms with Crippen LogP contribution in [0.1, 0.15) is 39.5 Å². The summed E-state index contributed by atoms with van der Waals surface area (Å²) >= 11 is 0. The fourth-order valence-corrected chi connectivity index (χ4v) is 5.14. The van der Waals surface area contributed by atoms with Crippen LogP contribution >= 0.6 is 0 Å². The quantitative estimate of drug-likeness (QED) is 0.699. The molecule has 2 N–H and O–H groups in total. The number of nitrogens with two attached hydrogens (primary N) is 1. The van der Waals surface area contributed by atoms with E-state index in [1.54, 1.807) is 0 Å². The van der Waals surface area contributed by atoms with Crippen LogP contribution in [0.3, 0.4) is 0 Å². The molecule has 0 saturated heterocycles. The van der Waals surface area contributed by atoms with Gasteiger partial charge >= 0.3 is 0 Å². The van der Waals surface area contributed by atoms with Gasteiger partial charge in [0, 0.05) is 29.8 Å². The van der Waals surface area contributed by atoms with Crippen LogP contribution in [0.25, 0.3) is 0 Å². The van der Waals surface area contributed by atoms with E-state index in [9.17, 15) is 0 Å². The Bertz CT molecular complexity index is 857. The topological polar surface area (TPSA) is 38.4 Å². The van der Waals surface area contributed by atoms with Gasteiger partial charge < -0.3 is 5.73 Å². The van der Waals surface area contributed by atoms with E-state index in [0.717, 1.165) is 25.7 Å². The Kier molecular flexibility index (Phi) is 5.01. The average molecular weight is 359 g/mol. The van der Waals surface area contributed by atoms with Gasteiger partial charge in [-0.3, -0.25) is 4.99 Å². The van der Waals surface area contributed by atoms with Crippen molar-refractivity contribution >= 4 is 5.71 Å². The number of hydrogen-bond donors (Lipinski definition) is 1. The van der Waals surface area contributed by atoms with Crippen molar-refractivity contribution in [1.82, 2.24) is 0 Å². The summed E-state index contributed by atoms with van der Waals surface area (Å²) in [5.74, 6) is 0.836. The SMILES string of the molecule is CC1=CN=C2C=C(/C=C(/C)CN)C(C3=CCCC=C3)(C3C=CC=CC3)C2C1. The largest absolute Gasteiger partial charge is 0.327 e. The Labute approximate surface area is 163 Å². The summed E-state index contributed by atoms with van der Waals surface area (Å²) in [4.78, 5) is 4.87. The first-order valence-corrected chi connectivity index (χ1v) is 10.2. The summed E-state index contributed by atoms with van der Waals surface area (Å²) in [5, 5.41) is 0. The fourth-order valence-electron chi connectivity index (χ4n) is 5.14. The first-order chi connectivity index (χ1) is 13.2. The molecule has 3 aliphatic carbocycles. The van der Waals surface area contributed by atoms with Gasteiger partial charge in [-0.25, -0.2) is 0 Å². The maximum absolute atomic E-state index is 5.97. The molecule has 1 aliphatic heterocycles. The molecular formula is C25H30N2. The van der Waals surface area contributed by atoms with Crippen molar-refractivity contribution in [3.8, 4) is 0 Å². The van der Waals surface area contributed by atoms with Crippen molar-refractivity contribution in [3.63, 3.8) is 0 Å². The Hall–Kier alpha value is -2.19. The molecule has 0 saturated carbocycles. The van der Waals surface area contributed by atoms with E-state index in [-0.39, 0.29) is 5.41 Å². The zero-order valence-corrected chi connectivity index (χ0v) is 16.5. The molecule has 4 rings (SSSR count). The molecule has 0 aromatic carbocycles. The normalized spacial score (nSPS) is 32.6. The zero-order valence-electron chi connectivity index (χ0n) is 16.5. The van der Waals surface area contributed by atoms with E-state index in [0.29, 0.717) is 18.4 Å². The van der Waals surface area contributed by atoms with Gasteiger partial charge in [-0.2, -0.15) is 0 Å². The molecule has 0 amide bonds. The van der Waals surface area contributed by atoms with Crippen LogP contribution < -0.4 is 5.73 Å². The maximum atomic E-state index is 5.97.